The number of rotatable bonds is 4. The predicted molar refractivity (Wildman–Crippen MR) is 87.6 cm³/mol. The minimum atomic E-state index is 0.0433. The molecular formula is C17H29N3O. The van der Waals surface area contributed by atoms with Crippen LogP contribution >= 0.6 is 0 Å². The van der Waals surface area contributed by atoms with Gasteiger partial charge in [0.25, 0.3) is 0 Å². The normalized spacial score (nSPS) is 19.9. The van der Waals surface area contributed by atoms with Crippen molar-refractivity contribution in [2.24, 2.45) is 11.7 Å². The van der Waals surface area contributed by atoms with Crippen LogP contribution in [0.25, 0.3) is 0 Å². The van der Waals surface area contributed by atoms with Crippen molar-refractivity contribution in [3.05, 3.63) is 23.4 Å². The highest BCUT2D eigenvalue weighted by Crippen LogP contribution is 2.27. The molecule has 1 unspecified atom stereocenters. The van der Waals surface area contributed by atoms with Crippen LogP contribution in [0.5, 0.6) is 0 Å². The van der Waals surface area contributed by atoms with Gasteiger partial charge in [-0.25, -0.2) is 4.98 Å². The van der Waals surface area contributed by atoms with Crippen molar-refractivity contribution >= 4 is 5.82 Å². The number of anilines is 1. The van der Waals surface area contributed by atoms with Crippen LogP contribution in [0.15, 0.2) is 12.1 Å². The highest BCUT2D eigenvalue weighted by atomic mass is 16.5. The molecule has 0 spiro atoms. The summed E-state index contributed by atoms with van der Waals surface area (Å²) in [6, 6.07) is 4.28. The number of hydrogen-bond donors (Lipinski definition) is 1. The maximum atomic E-state index is 5.87. The number of methoxy groups -OCH3 is 1. The lowest BCUT2D eigenvalue weighted by atomic mass is 9.90. The van der Waals surface area contributed by atoms with Gasteiger partial charge < -0.3 is 15.4 Å². The van der Waals surface area contributed by atoms with Crippen molar-refractivity contribution in [1.29, 1.82) is 0 Å². The molecule has 1 fully saturated rings. The average Bonchev–Trinajstić information content (AvgIpc) is 2.46. The van der Waals surface area contributed by atoms with Crippen molar-refractivity contribution in [2.45, 2.75) is 45.6 Å². The fourth-order valence-electron chi connectivity index (χ4n) is 2.88. The molecule has 2 rings (SSSR count). The Morgan fingerprint density at radius 2 is 2.14 bits per heavy atom. The molecule has 1 aliphatic rings. The Balaban J connectivity index is 2.25. The Kier molecular flexibility index (Phi) is 5.22. The second-order valence-corrected chi connectivity index (χ2v) is 7.08. The molecule has 1 atom stereocenters. The molecule has 2 N–H and O–H groups in total. The summed E-state index contributed by atoms with van der Waals surface area (Å²) >= 11 is 0. The van der Waals surface area contributed by atoms with Crippen molar-refractivity contribution in [3.8, 4) is 0 Å². The lowest BCUT2D eigenvalue weighted by molar-refractivity contribution is 0.143. The summed E-state index contributed by atoms with van der Waals surface area (Å²) in [5.74, 6) is 1.67. The lowest BCUT2D eigenvalue weighted by Crippen LogP contribution is -2.38. The zero-order chi connectivity index (χ0) is 15.5. The molecule has 0 radical (unpaired) electrons. The molecule has 21 heavy (non-hydrogen) atoms. The number of piperidine rings is 1. The van der Waals surface area contributed by atoms with E-state index in [4.69, 9.17) is 15.5 Å². The quantitative estimate of drug-likeness (QED) is 0.926. The van der Waals surface area contributed by atoms with Crippen LogP contribution in [-0.2, 0) is 16.7 Å². The SMILES string of the molecule is COCC1CCCN(c2cc(CN)cc(C(C)(C)C)n2)C1. The largest absolute Gasteiger partial charge is 0.384 e. The molecule has 0 aromatic carbocycles. The highest BCUT2D eigenvalue weighted by molar-refractivity contribution is 5.44. The standard InChI is InChI=1S/C17H29N3O/c1-17(2,3)15-8-14(10-18)9-16(19-15)20-7-5-6-13(11-20)12-21-4/h8-9,13H,5-7,10-12,18H2,1-4H3. The van der Waals surface area contributed by atoms with E-state index >= 15 is 0 Å². The number of aromatic nitrogens is 1. The zero-order valence-corrected chi connectivity index (χ0v) is 13.9. The fourth-order valence-corrected chi connectivity index (χ4v) is 2.88. The van der Waals surface area contributed by atoms with Gasteiger partial charge in [-0.05, 0) is 36.5 Å². The fraction of sp³-hybridized carbons (Fsp3) is 0.706. The first-order chi connectivity index (χ1) is 9.94. The molecule has 0 bridgehead atoms. The van der Waals surface area contributed by atoms with E-state index in [0.717, 1.165) is 31.2 Å². The van der Waals surface area contributed by atoms with E-state index in [1.807, 2.05) is 0 Å². The van der Waals surface area contributed by atoms with Crippen molar-refractivity contribution in [3.63, 3.8) is 0 Å². The first kappa shape index (κ1) is 16.2. The summed E-state index contributed by atoms with van der Waals surface area (Å²) in [7, 11) is 1.78. The molecule has 1 aromatic heterocycles. The topological polar surface area (TPSA) is 51.4 Å². The van der Waals surface area contributed by atoms with Gasteiger partial charge in [0.05, 0.1) is 6.61 Å². The van der Waals surface area contributed by atoms with Crippen LogP contribution in [0.1, 0.15) is 44.9 Å². The summed E-state index contributed by atoms with van der Waals surface area (Å²) in [6.07, 6.45) is 2.44. The van der Waals surface area contributed by atoms with Crippen molar-refractivity contribution in [2.75, 3.05) is 31.7 Å². The Labute approximate surface area is 128 Å². The van der Waals surface area contributed by atoms with E-state index in [1.165, 1.54) is 18.4 Å². The number of hydrogen-bond acceptors (Lipinski definition) is 4. The number of pyridine rings is 1. The summed E-state index contributed by atoms with van der Waals surface area (Å²) in [5, 5.41) is 0. The third-order valence-corrected chi connectivity index (χ3v) is 4.12. The van der Waals surface area contributed by atoms with Gasteiger partial charge in [0, 0.05) is 37.9 Å². The van der Waals surface area contributed by atoms with Crippen LogP contribution in [0.3, 0.4) is 0 Å². The average molecular weight is 291 g/mol. The van der Waals surface area contributed by atoms with E-state index in [9.17, 15) is 0 Å². The van der Waals surface area contributed by atoms with Gasteiger partial charge in [0.1, 0.15) is 5.82 Å². The van der Waals surface area contributed by atoms with Crippen LogP contribution in [0, 0.1) is 5.92 Å². The van der Waals surface area contributed by atoms with Gasteiger partial charge in [-0.15, -0.1) is 0 Å². The summed E-state index contributed by atoms with van der Waals surface area (Å²) in [5.41, 5.74) is 8.20. The van der Waals surface area contributed by atoms with Crippen LogP contribution in [0.2, 0.25) is 0 Å². The van der Waals surface area contributed by atoms with Crippen LogP contribution in [-0.4, -0.2) is 31.8 Å². The Bertz CT molecular complexity index is 466. The van der Waals surface area contributed by atoms with E-state index in [0.29, 0.717) is 12.5 Å². The van der Waals surface area contributed by atoms with Gasteiger partial charge >= 0.3 is 0 Å². The van der Waals surface area contributed by atoms with Crippen LogP contribution in [0.4, 0.5) is 5.82 Å². The third-order valence-electron chi connectivity index (χ3n) is 4.12. The van der Waals surface area contributed by atoms with Crippen molar-refractivity contribution in [1.82, 2.24) is 4.98 Å². The Morgan fingerprint density at radius 1 is 1.38 bits per heavy atom. The Morgan fingerprint density at radius 3 is 2.76 bits per heavy atom. The molecule has 1 aliphatic heterocycles. The highest BCUT2D eigenvalue weighted by Gasteiger charge is 2.23. The van der Waals surface area contributed by atoms with Gasteiger partial charge in [0.15, 0.2) is 0 Å². The molecule has 1 saturated heterocycles. The molecular weight excluding hydrogens is 262 g/mol. The molecule has 4 nitrogen and oxygen atoms in total. The summed E-state index contributed by atoms with van der Waals surface area (Å²) in [6.45, 7) is 10.1. The molecule has 118 valence electrons. The monoisotopic (exact) mass is 291 g/mol. The summed E-state index contributed by atoms with van der Waals surface area (Å²) in [4.78, 5) is 7.29. The second-order valence-electron chi connectivity index (χ2n) is 7.08. The first-order valence-corrected chi connectivity index (χ1v) is 7.89. The van der Waals surface area contributed by atoms with Gasteiger partial charge in [-0.2, -0.15) is 0 Å². The summed E-state index contributed by atoms with van der Waals surface area (Å²) < 4.78 is 5.32. The molecule has 2 heterocycles. The van der Waals surface area contributed by atoms with Gasteiger partial charge in [-0.3, -0.25) is 0 Å². The third kappa shape index (κ3) is 4.17. The molecule has 4 heteroatoms. The lowest BCUT2D eigenvalue weighted by Gasteiger charge is -2.34. The predicted octanol–water partition coefficient (Wildman–Crippen LogP) is 2.70. The Hall–Kier alpha value is -1.13. The van der Waals surface area contributed by atoms with Gasteiger partial charge in [-0.1, -0.05) is 20.8 Å². The van der Waals surface area contributed by atoms with Crippen molar-refractivity contribution < 1.29 is 4.74 Å². The van der Waals surface area contributed by atoms with Crippen LogP contribution < -0.4 is 10.6 Å². The maximum Gasteiger partial charge on any atom is 0.129 e. The van der Waals surface area contributed by atoms with E-state index in [-0.39, 0.29) is 5.41 Å². The minimum Gasteiger partial charge on any atom is -0.384 e. The number of nitrogens with zero attached hydrogens (tertiary/aromatic N) is 2. The number of ether oxygens (including phenoxy) is 1. The molecule has 0 aliphatic carbocycles. The molecule has 0 amide bonds. The molecule has 1 aromatic rings. The maximum absolute atomic E-state index is 5.87. The van der Waals surface area contributed by atoms with E-state index in [2.05, 4.69) is 37.8 Å². The second kappa shape index (κ2) is 6.75. The van der Waals surface area contributed by atoms with E-state index in [1.54, 1.807) is 7.11 Å². The number of nitrogens with two attached hydrogens (primary N) is 1. The van der Waals surface area contributed by atoms with Gasteiger partial charge in [0.2, 0.25) is 0 Å². The molecule has 0 saturated carbocycles. The minimum absolute atomic E-state index is 0.0433. The smallest absolute Gasteiger partial charge is 0.129 e. The van der Waals surface area contributed by atoms with E-state index < -0.39 is 0 Å². The first-order valence-electron chi connectivity index (χ1n) is 7.89. The zero-order valence-electron chi connectivity index (χ0n) is 13.9.